The van der Waals surface area contributed by atoms with Crippen LogP contribution in [-0.4, -0.2) is 39.6 Å². The lowest BCUT2D eigenvalue weighted by atomic mass is 10.0. The molecule has 7 heteroatoms. The highest BCUT2D eigenvalue weighted by Gasteiger charge is 2.20. The lowest BCUT2D eigenvalue weighted by Gasteiger charge is -2.24. The molecule has 0 fully saturated rings. The molecule has 4 rings (SSSR count). The predicted molar refractivity (Wildman–Crippen MR) is 135 cm³/mol. The van der Waals surface area contributed by atoms with Gasteiger partial charge in [0.2, 0.25) is 0 Å². The lowest BCUT2D eigenvalue weighted by Crippen LogP contribution is -3.00. The van der Waals surface area contributed by atoms with Crippen molar-refractivity contribution in [1.82, 2.24) is 14.0 Å². The van der Waals surface area contributed by atoms with Crippen molar-refractivity contribution < 1.29 is 28.5 Å². The highest BCUT2D eigenvalue weighted by atomic mass is 127. The van der Waals surface area contributed by atoms with Gasteiger partial charge in [0.15, 0.2) is 5.65 Å². The van der Waals surface area contributed by atoms with Crippen LogP contribution in [0.25, 0.3) is 11.3 Å². The van der Waals surface area contributed by atoms with E-state index in [0.717, 1.165) is 45.0 Å². The Kier molecular flexibility index (Phi) is 7.57. The van der Waals surface area contributed by atoms with Crippen LogP contribution in [0.2, 0.25) is 0 Å². The second-order valence-electron chi connectivity index (χ2n) is 10.0. The van der Waals surface area contributed by atoms with Crippen molar-refractivity contribution in [3.05, 3.63) is 92.8 Å². The van der Waals surface area contributed by atoms with Gasteiger partial charge >= 0.3 is 0 Å². The number of rotatable bonds is 6. The maximum Gasteiger partial charge on any atom is 0.255 e. The van der Waals surface area contributed by atoms with Crippen LogP contribution in [0.3, 0.4) is 0 Å². The maximum atomic E-state index is 12.8. The largest absolute Gasteiger partial charge is 1.00 e. The monoisotopic (exact) mass is 571 g/mol. The molecule has 4 aromatic rings. The summed E-state index contributed by atoms with van der Waals surface area (Å²) in [5, 5.41) is 3.63. The molecule has 1 aromatic carbocycles. The molecule has 6 nitrogen and oxygen atoms in total. The number of hydrogen-bond donors (Lipinski definition) is 1. The highest BCUT2D eigenvalue weighted by Crippen LogP contribution is 2.26. The van der Waals surface area contributed by atoms with E-state index in [1.54, 1.807) is 10.6 Å². The first-order valence-corrected chi connectivity index (χ1v) is 11.3. The predicted octanol–water partition coefficient (Wildman–Crippen LogP) is 1.54. The number of nitrogens with zero attached hydrogens (tertiary/aromatic N) is 4. The molecule has 0 bridgehead atoms. The Bertz CT molecular complexity index is 1370. The van der Waals surface area contributed by atoms with E-state index in [4.69, 9.17) is 4.98 Å². The van der Waals surface area contributed by atoms with E-state index in [0.29, 0.717) is 6.54 Å². The number of pyridine rings is 2. The van der Waals surface area contributed by atoms with E-state index in [-0.39, 0.29) is 29.5 Å². The molecule has 0 saturated carbocycles. The second kappa shape index (κ2) is 9.92. The number of hydrogen-bond acceptors (Lipinski definition) is 3. The topological polar surface area (TPSA) is 51.3 Å². The zero-order chi connectivity index (χ0) is 23.9. The fraction of sp³-hybridized carbons (Fsp3) is 0.333. The third-order valence-corrected chi connectivity index (χ3v) is 6.08. The lowest BCUT2D eigenvalue weighted by molar-refractivity contribution is -0.884. The van der Waals surface area contributed by atoms with Gasteiger partial charge in [0, 0.05) is 25.0 Å². The van der Waals surface area contributed by atoms with E-state index in [1.807, 2.05) is 31.5 Å². The molecule has 3 heterocycles. The van der Waals surface area contributed by atoms with Gasteiger partial charge in [0.1, 0.15) is 12.2 Å². The summed E-state index contributed by atoms with van der Waals surface area (Å²) in [4.78, 5) is 17.7. The van der Waals surface area contributed by atoms with Gasteiger partial charge < -0.3 is 33.8 Å². The molecule has 0 aliphatic heterocycles. The normalized spacial score (nSPS) is 11.5. The Balaban J connectivity index is 0.00000324. The quantitative estimate of drug-likeness (QED) is 0.283. The van der Waals surface area contributed by atoms with Crippen LogP contribution < -0.4 is 34.9 Å². The van der Waals surface area contributed by atoms with E-state index in [9.17, 15) is 4.79 Å². The van der Waals surface area contributed by atoms with Gasteiger partial charge in [-0.25, -0.2) is 4.98 Å². The van der Waals surface area contributed by atoms with E-state index in [2.05, 4.69) is 69.8 Å². The zero-order valence-electron chi connectivity index (χ0n) is 21.1. The summed E-state index contributed by atoms with van der Waals surface area (Å²) in [6, 6.07) is 12.0. The first kappa shape index (κ1) is 26.0. The molecule has 0 aliphatic rings. The summed E-state index contributed by atoms with van der Waals surface area (Å²) in [6.45, 7) is 9.80. The molecule has 0 unspecified atom stereocenters. The van der Waals surface area contributed by atoms with Crippen LogP contribution in [-0.2, 0) is 13.1 Å². The fourth-order valence-corrected chi connectivity index (χ4v) is 4.29. The maximum absolute atomic E-state index is 12.8. The van der Waals surface area contributed by atoms with Crippen molar-refractivity contribution in [3.63, 3.8) is 0 Å². The first-order valence-electron chi connectivity index (χ1n) is 11.3. The van der Waals surface area contributed by atoms with Gasteiger partial charge in [-0.2, -0.15) is 0 Å². The Morgan fingerprint density at radius 2 is 1.68 bits per heavy atom. The molecule has 1 N–H and O–H groups in total. The van der Waals surface area contributed by atoms with Gasteiger partial charge in [-0.3, -0.25) is 13.8 Å². The Labute approximate surface area is 218 Å². The zero-order valence-corrected chi connectivity index (χ0v) is 23.3. The number of aromatic nitrogens is 3. The number of aryl methyl sites for hydroxylation is 4. The van der Waals surface area contributed by atoms with Gasteiger partial charge in [-0.1, -0.05) is 18.2 Å². The number of halogens is 1. The standard InChI is InChI=1S/C27H34N5O.HI/c1-18-11-12-30(26(33)13-18)22-14-24(28-15-23-19(2)9-8-10-20(23)3)27-29-21(4)25(31(27)16-22)17-32(5,6)7;/h8-14,16,28H,15,17H2,1-7H3;1H/q+1;/p-1. The van der Waals surface area contributed by atoms with Gasteiger partial charge in [-0.15, -0.1) is 0 Å². The second-order valence-corrected chi connectivity index (χ2v) is 10.0. The van der Waals surface area contributed by atoms with Gasteiger partial charge in [-0.05, 0) is 62.1 Å². The minimum absolute atomic E-state index is 0. The van der Waals surface area contributed by atoms with Crippen LogP contribution in [0.4, 0.5) is 5.69 Å². The Morgan fingerprint density at radius 3 is 2.29 bits per heavy atom. The van der Waals surface area contributed by atoms with Crippen molar-refractivity contribution in [3.8, 4) is 5.69 Å². The van der Waals surface area contributed by atoms with Crippen molar-refractivity contribution in [2.24, 2.45) is 0 Å². The minimum atomic E-state index is -0.0416. The Hall–Kier alpha value is -2.65. The number of imidazole rings is 1. The van der Waals surface area contributed by atoms with Gasteiger partial charge in [0.25, 0.3) is 5.56 Å². The highest BCUT2D eigenvalue weighted by molar-refractivity contribution is 5.72. The summed E-state index contributed by atoms with van der Waals surface area (Å²) in [5.41, 5.74) is 9.48. The van der Waals surface area contributed by atoms with E-state index in [1.165, 1.54) is 16.7 Å². The van der Waals surface area contributed by atoms with Crippen LogP contribution in [0.1, 0.15) is 33.6 Å². The minimum Gasteiger partial charge on any atom is -1.00 e. The van der Waals surface area contributed by atoms with E-state index >= 15 is 0 Å². The van der Waals surface area contributed by atoms with Crippen LogP contribution >= 0.6 is 0 Å². The summed E-state index contributed by atoms with van der Waals surface area (Å²) >= 11 is 0. The van der Waals surface area contributed by atoms with E-state index < -0.39 is 0 Å². The summed E-state index contributed by atoms with van der Waals surface area (Å²) in [6.07, 6.45) is 3.87. The molecular weight excluding hydrogens is 537 g/mol. The third-order valence-electron chi connectivity index (χ3n) is 6.08. The van der Waals surface area contributed by atoms with Crippen molar-refractivity contribution in [2.45, 2.75) is 40.8 Å². The molecule has 0 amide bonds. The number of anilines is 1. The van der Waals surface area contributed by atoms with Crippen LogP contribution in [0.15, 0.2) is 53.6 Å². The number of quaternary nitrogens is 1. The first-order chi connectivity index (χ1) is 15.5. The summed E-state index contributed by atoms with van der Waals surface area (Å²) in [5.74, 6) is 0. The smallest absolute Gasteiger partial charge is 0.255 e. The van der Waals surface area contributed by atoms with Crippen molar-refractivity contribution in [1.29, 1.82) is 0 Å². The average Bonchev–Trinajstić information content (AvgIpc) is 3.01. The molecule has 0 spiro atoms. The van der Waals surface area contributed by atoms with Crippen LogP contribution in [0, 0.1) is 27.7 Å². The molecule has 34 heavy (non-hydrogen) atoms. The number of fused-ring (bicyclic) bond motifs is 1. The summed E-state index contributed by atoms with van der Waals surface area (Å²) in [7, 11) is 6.52. The average molecular weight is 572 g/mol. The number of benzene rings is 1. The van der Waals surface area contributed by atoms with Crippen molar-refractivity contribution >= 4 is 11.3 Å². The molecule has 0 saturated heterocycles. The fourth-order valence-electron chi connectivity index (χ4n) is 4.29. The molecule has 180 valence electrons. The Morgan fingerprint density at radius 1 is 1.00 bits per heavy atom. The van der Waals surface area contributed by atoms with Crippen molar-refractivity contribution in [2.75, 3.05) is 26.5 Å². The number of nitrogens with one attached hydrogen (secondary N) is 1. The molecule has 0 aliphatic carbocycles. The van der Waals surface area contributed by atoms with Gasteiger partial charge in [0.05, 0.1) is 38.2 Å². The van der Waals surface area contributed by atoms with Crippen LogP contribution in [0.5, 0.6) is 0 Å². The third kappa shape index (κ3) is 5.36. The molecule has 0 radical (unpaired) electrons. The molecular formula is C27H34IN5O. The molecule has 3 aromatic heterocycles. The molecule has 0 atom stereocenters. The summed E-state index contributed by atoms with van der Waals surface area (Å²) < 4.78 is 4.63. The SMILES string of the molecule is Cc1ccn(-c2cc(NCc3c(C)cccc3C)c3nc(C)c(C[N+](C)(C)C)n3c2)c(=O)c1.[I-].